The number of aromatic amines is 1. The van der Waals surface area contributed by atoms with Gasteiger partial charge in [0.25, 0.3) is 0 Å². The summed E-state index contributed by atoms with van der Waals surface area (Å²) in [4.78, 5) is 17.0. The zero-order valence-electron chi connectivity index (χ0n) is 13.6. The third kappa shape index (κ3) is 4.79. The molecule has 2 aromatic rings. The first kappa shape index (κ1) is 18.9. The highest BCUT2D eigenvalue weighted by Gasteiger charge is 2.16. The number of nitrogens with zero attached hydrogens (tertiary/aromatic N) is 2. The zero-order valence-corrected chi connectivity index (χ0v) is 15.2. The maximum atomic E-state index is 12.4. The van der Waals surface area contributed by atoms with Crippen LogP contribution in [0.4, 0.5) is 8.78 Å². The van der Waals surface area contributed by atoms with Gasteiger partial charge in [-0.15, -0.1) is 0 Å². The molecule has 1 N–H and O–H groups in total. The van der Waals surface area contributed by atoms with E-state index in [0.29, 0.717) is 21.1 Å². The predicted molar refractivity (Wildman–Crippen MR) is 93.8 cm³/mol. The summed E-state index contributed by atoms with van der Waals surface area (Å²) in [7, 11) is 3.44. The number of Topliss-reactive ketones (excluding diaryl/α,β-unsaturated/α-hetero) is 1. The normalized spacial score (nSPS) is 11.6. The number of carbonyl (C=O) groups excluding carboxylic acids is 1. The van der Waals surface area contributed by atoms with Crippen molar-refractivity contribution in [1.82, 2.24) is 9.88 Å². The van der Waals surface area contributed by atoms with Gasteiger partial charge >= 0.3 is 0 Å². The Labute approximate surface area is 152 Å². The molecule has 0 aliphatic heterocycles. The van der Waals surface area contributed by atoms with E-state index in [1.165, 1.54) is 6.20 Å². The van der Waals surface area contributed by atoms with Crippen molar-refractivity contribution in [2.75, 3.05) is 20.7 Å². The Morgan fingerprint density at radius 1 is 1.44 bits per heavy atom. The topological polar surface area (TPSA) is 69.1 Å². The monoisotopic (exact) mass is 411 g/mol. The Morgan fingerprint density at radius 2 is 2.16 bits per heavy atom. The number of carbonyl (C=O) groups is 1. The van der Waals surface area contributed by atoms with Crippen LogP contribution in [0.2, 0.25) is 0 Å². The van der Waals surface area contributed by atoms with Gasteiger partial charge < -0.3 is 14.6 Å². The summed E-state index contributed by atoms with van der Waals surface area (Å²) in [5.74, 6) is -0.0146. The van der Waals surface area contributed by atoms with E-state index in [9.17, 15) is 13.6 Å². The third-order valence-corrected chi connectivity index (χ3v) is 3.88. The minimum absolute atomic E-state index is 0.00373. The average molecular weight is 412 g/mol. The van der Waals surface area contributed by atoms with E-state index in [1.54, 1.807) is 37.2 Å². The van der Waals surface area contributed by atoms with E-state index in [1.807, 2.05) is 6.07 Å². The molecule has 0 unspecified atom stereocenters. The second-order valence-electron chi connectivity index (χ2n) is 5.53. The highest BCUT2D eigenvalue weighted by Crippen LogP contribution is 2.31. The van der Waals surface area contributed by atoms with Crippen molar-refractivity contribution in [2.45, 2.75) is 12.8 Å². The summed E-state index contributed by atoms with van der Waals surface area (Å²) in [6.07, 6.45) is -1.34. The number of aromatic nitrogens is 1. The van der Waals surface area contributed by atoms with Crippen LogP contribution < -0.4 is 4.74 Å². The largest absolute Gasteiger partial charge is 0.492 e. The molecule has 0 amide bonds. The number of ether oxygens (including phenoxy) is 1. The van der Waals surface area contributed by atoms with Crippen molar-refractivity contribution in [3.8, 4) is 11.8 Å². The number of allylic oxidation sites excluding steroid dienone is 1. The van der Waals surface area contributed by atoms with Crippen molar-refractivity contribution in [3.05, 3.63) is 40.1 Å². The van der Waals surface area contributed by atoms with Crippen LogP contribution in [0.5, 0.6) is 5.75 Å². The molecule has 25 heavy (non-hydrogen) atoms. The summed E-state index contributed by atoms with van der Waals surface area (Å²) in [6, 6.07) is 6.84. The van der Waals surface area contributed by atoms with Gasteiger partial charge in [-0.2, -0.15) is 5.26 Å². The van der Waals surface area contributed by atoms with Gasteiger partial charge in [-0.05, 0) is 34.1 Å². The van der Waals surface area contributed by atoms with Crippen molar-refractivity contribution in [2.24, 2.45) is 0 Å². The molecule has 0 saturated heterocycles. The maximum Gasteiger partial charge on any atom is 0.241 e. The smallest absolute Gasteiger partial charge is 0.241 e. The highest BCUT2D eigenvalue weighted by atomic mass is 79.9. The van der Waals surface area contributed by atoms with Gasteiger partial charge in [0, 0.05) is 37.6 Å². The van der Waals surface area contributed by atoms with Crippen LogP contribution in [0, 0.1) is 11.3 Å². The molecule has 0 fully saturated rings. The molecule has 0 spiro atoms. The molecule has 1 aromatic carbocycles. The first-order chi connectivity index (χ1) is 11.8. The van der Waals surface area contributed by atoms with Crippen molar-refractivity contribution >= 4 is 32.6 Å². The molecular formula is C17H16BrF2N3O2. The van der Waals surface area contributed by atoms with Crippen molar-refractivity contribution in [1.29, 1.82) is 5.26 Å². The predicted octanol–water partition coefficient (Wildman–Crippen LogP) is 4.12. The number of hydrogen-bond donors (Lipinski definition) is 1. The van der Waals surface area contributed by atoms with Crippen LogP contribution >= 0.6 is 15.9 Å². The van der Waals surface area contributed by atoms with E-state index >= 15 is 0 Å². The molecule has 8 heteroatoms. The number of halogens is 3. The van der Waals surface area contributed by atoms with Gasteiger partial charge in [0.05, 0.1) is 16.8 Å². The van der Waals surface area contributed by atoms with E-state index in [-0.39, 0.29) is 24.3 Å². The molecule has 132 valence electrons. The summed E-state index contributed by atoms with van der Waals surface area (Å²) >= 11 is 3.32. The van der Waals surface area contributed by atoms with Gasteiger partial charge in [-0.1, -0.05) is 0 Å². The summed E-state index contributed by atoms with van der Waals surface area (Å²) in [6.45, 7) is -0.109. The Balaban J connectivity index is 2.30. The fraction of sp³-hybridized carbons (Fsp3) is 0.294. The van der Waals surface area contributed by atoms with Gasteiger partial charge in [-0.25, -0.2) is 8.78 Å². The van der Waals surface area contributed by atoms with E-state index in [4.69, 9.17) is 10.00 Å². The van der Waals surface area contributed by atoms with E-state index in [2.05, 4.69) is 20.9 Å². The number of H-pyrrole nitrogens is 1. The minimum atomic E-state index is -2.42. The number of nitrogens with one attached hydrogen (secondary N) is 1. The molecular weight excluding hydrogens is 396 g/mol. The summed E-state index contributed by atoms with van der Waals surface area (Å²) < 4.78 is 30.4. The van der Waals surface area contributed by atoms with Gasteiger partial charge in [-0.3, -0.25) is 4.79 Å². The quantitative estimate of drug-likeness (QED) is 0.422. The van der Waals surface area contributed by atoms with Gasteiger partial charge in [0.2, 0.25) is 12.2 Å². The Morgan fingerprint density at radius 3 is 2.76 bits per heavy atom. The maximum absolute atomic E-state index is 12.4. The molecule has 0 radical (unpaired) electrons. The van der Waals surface area contributed by atoms with Crippen LogP contribution in [0.3, 0.4) is 0 Å². The molecule has 0 aliphatic rings. The number of benzene rings is 1. The first-order valence-electron chi connectivity index (χ1n) is 7.38. The van der Waals surface area contributed by atoms with Gasteiger partial charge in [0.1, 0.15) is 17.4 Å². The molecule has 1 aromatic heterocycles. The lowest BCUT2D eigenvalue weighted by Gasteiger charge is -2.08. The number of ketones is 1. The molecule has 5 nitrogen and oxygen atoms in total. The Bertz CT molecular complexity index is 853. The molecule has 0 saturated carbocycles. The molecule has 0 aliphatic carbocycles. The number of alkyl halides is 2. The van der Waals surface area contributed by atoms with Crippen LogP contribution in [0.25, 0.3) is 10.9 Å². The van der Waals surface area contributed by atoms with E-state index < -0.39 is 12.2 Å². The lowest BCUT2D eigenvalue weighted by molar-refractivity contribution is 0.103. The zero-order chi connectivity index (χ0) is 18.6. The fourth-order valence-electron chi connectivity index (χ4n) is 2.17. The second kappa shape index (κ2) is 8.12. The highest BCUT2D eigenvalue weighted by molar-refractivity contribution is 9.10. The average Bonchev–Trinajstić information content (AvgIpc) is 2.94. The number of nitriles is 1. The summed E-state index contributed by atoms with van der Waals surface area (Å²) in [5.41, 5.74) is 0.934. The second-order valence-corrected chi connectivity index (χ2v) is 6.38. The fourth-order valence-corrected chi connectivity index (χ4v) is 2.62. The molecule has 0 atom stereocenters. The lowest BCUT2D eigenvalue weighted by Crippen LogP contribution is -2.09. The van der Waals surface area contributed by atoms with Crippen LogP contribution in [-0.4, -0.2) is 42.8 Å². The molecule has 2 rings (SSSR count). The molecule has 1 heterocycles. The van der Waals surface area contributed by atoms with Gasteiger partial charge in [0.15, 0.2) is 0 Å². The third-order valence-electron chi connectivity index (χ3n) is 3.26. The SMILES string of the molecule is CN(C)/C=C(\C#N)C(=O)c1cc2cc(OCCC(F)F)c(Br)cc2[nH]1. The number of rotatable bonds is 7. The lowest BCUT2D eigenvalue weighted by atomic mass is 10.1. The van der Waals surface area contributed by atoms with Crippen molar-refractivity contribution < 1.29 is 18.3 Å². The minimum Gasteiger partial charge on any atom is -0.492 e. The number of hydrogen-bond acceptors (Lipinski definition) is 4. The first-order valence-corrected chi connectivity index (χ1v) is 8.17. The number of fused-ring (bicyclic) bond motifs is 1. The Kier molecular flexibility index (Phi) is 6.15. The standard InChI is InChI=1S/C17H16BrF2N3O2/c1-23(2)9-11(8-21)17(24)14-5-10-6-15(25-4-3-16(19)20)12(18)7-13(10)22-14/h5-7,9,16,22H,3-4H2,1-2H3/b11-9+. The summed E-state index contributed by atoms with van der Waals surface area (Å²) in [5, 5.41) is 9.82. The van der Waals surface area contributed by atoms with Crippen LogP contribution in [-0.2, 0) is 0 Å². The van der Waals surface area contributed by atoms with Crippen molar-refractivity contribution in [3.63, 3.8) is 0 Å². The molecule has 0 bridgehead atoms. The van der Waals surface area contributed by atoms with E-state index in [0.717, 1.165) is 0 Å². The Hall–Kier alpha value is -2.40. The van der Waals surface area contributed by atoms with Crippen LogP contribution in [0.1, 0.15) is 16.9 Å². The van der Waals surface area contributed by atoms with Crippen LogP contribution in [0.15, 0.2) is 34.4 Å².